The summed E-state index contributed by atoms with van der Waals surface area (Å²) in [7, 11) is 0. The molecule has 0 nitrogen and oxygen atoms in total. The second kappa shape index (κ2) is 27.9. The molecule has 0 aromatic carbocycles. The van der Waals surface area contributed by atoms with E-state index in [1.807, 2.05) is 0 Å². The van der Waals surface area contributed by atoms with Gasteiger partial charge in [-0.1, -0.05) is 0 Å². The molecule has 0 bridgehead atoms. The van der Waals surface area contributed by atoms with Gasteiger partial charge in [0, 0.05) is 27.3 Å². The third-order valence-electron chi connectivity index (χ3n) is 0. The van der Waals surface area contributed by atoms with Crippen molar-refractivity contribution in [3.63, 3.8) is 0 Å². The Labute approximate surface area is 96.9 Å². The zero-order chi connectivity index (χ0) is 0. The van der Waals surface area contributed by atoms with E-state index in [0.717, 1.165) is 0 Å². The molecule has 0 N–H and O–H groups in total. The van der Waals surface area contributed by atoms with Gasteiger partial charge >= 0.3 is 45.6 Å². The average Bonchev–Trinajstić information content (AvgIpc) is 0. The smallest absolute Gasteiger partial charge is 0 e. The van der Waals surface area contributed by atoms with Gasteiger partial charge in [-0.2, -0.15) is 0 Å². The van der Waals surface area contributed by atoms with Crippen LogP contribution in [0, 0.1) is 0 Å². The Bertz CT molecular complexity index is 11.6. The van der Waals surface area contributed by atoms with Crippen LogP contribution in [0.1, 0.15) is 0 Å². The minimum atomic E-state index is 0. The topological polar surface area (TPSA) is 0 Å². The molecule has 0 aliphatic heterocycles. The number of hydrogen-bond donors (Lipinski definition) is 0. The minimum Gasteiger partial charge on any atom is 0 e. The van der Waals surface area contributed by atoms with Crippen LogP contribution in [0.5, 0.6) is 0 Å². The van der Waals surface area contributed by atoms with Crippen molar-refractivity contribution >= 4 is 98.7 Å². The Hall–Kier alpha value is 3.03. The molecule has 1 radical (unpaired) electrons. The van der Waals surface area contributed by atoms with Crippen LogP contribution in [0.4, 0.5) is 0 Å². The predicted molar refractivity (Wildman–Crippen MR) is 45.5 cm³/mol. The van der Waals surface area contributed by atoms with E-state index in [-0.39, 0.29) is 98.7 Å². The molecule has 0 saturated heterocycles. The van der Waals surface area contributed by atoms with Crippen LogP contribution >= 0.6 is 0 Å². The summed E-state index contributed by atoms with van der Waals surface area (Å²) in [4.78, 5) is 0. The van der Waals surface area contributed by atoms with E-state index in [0.29, 0.717) is 0 Å². The van der Waals surface area contributed by atoms with Crippen molar-refractivity contribution in [2.75, 3.05) is 0 Å². The van der Waals surface area contributed by atoms with Gasteiger partial charge in [-0.3, -0.25) is 0 Å². The number of hydrogen-bond acceptors (Lipinski definition) is 0. The van der Waals surface area contributed by atoms with E-state index in [1.165, 1.54) is 0 Å². The molecule has 0 rings (SSSR count). The van der Waals surface area contributed by atoms with E-state index in [4.69, 9.17) is 0 Å². The first-order chi connectivity index (χ1) is 0. The Balaban J connectivity index is 0. The maximum atomic E-state index is 0. The Morgan fingerprint density at radius 3 is 1.00 bits per heavy atom. The maximum absolute atomic E-state index is 0. The third-order valence-corrected chi connectivity index (χ3v) is 0. The predicted octanol–water partition coefficient (Wildman–Crippen LogP) is -5.12. The molecule has 0 aliphatic carbocycles. The van der Waals surface area contributed by atoms with Crippen LogP contribution in [0.25, 0.3) is 0 Å². The van der Waals surface area contributed by atoms with E-state index < -0.39 is 0 Å². The van der Waals surface area contributed by atoms with Crippen LogP contribution in [0.2, 0.25) is 0 Å². The molecule has 0 aromatic heterocycles. The average molecular weight is 439 g/mol. The summed E-state index contributed by atoms with van der Waals surface area (Å²) in [5, 5.41) is 0. The second-order valence-corrected chi connectivity index (χ2v) is 0. The van der Waals surface area contributed by atoms with Gasteiger partial charge in [0.2, 0.25) is 0 Å². The van der Waals surface area contributed by atoms with Gasteiger partial charge in [-0.15, -0.1) is 0 Å². The van der Waals surface area contributed by atoms with Crippen molar-refractivity contribution in [2.24, 2.45) is 0 Å². The van der Waals surface area contributed by atoms with Crippen molar-refractivity contribution in [3.05, 3.63) is 0 Å². The molecule has 0 heterocycles. The standard InChI is InChI=1S/Al.BH3.Ga.In.Tl.9H/h;1H3;;;;;;;;;;;;. The first kappa shape index (κ1) is 43.3. The molecule has 0 aromatic rings. The Morgan fingerprint density at radius 1 is 1.00 bits per heavy atom. The Kier molecular flexibility index (Phi) is 241. The first-order valence-corrected chi connectivity index (χ1v) is 0. The number of rotatable bonds is 0. The molecule has 5 heteroatoms. The third kappa shape index (κ3) is 19.4. The quantitative estimate of drug-likeness (QED) is 0.332. The summed E-state index contributed by atoms with van der Waals surface area (Å²) in [5.74, 6) is 0. The maximum Gasteiger partial charge on any atom is 0 e. The van der Waals surface area contributed by atoms with Gasteiger partial charge in [0.1, 0.15) is 0 Å². The molecule has 0 saturated carbocycles. The van der Waals surface area contributed by atoms with Gasteiger partial charge < -0.3 is 0 Å². The zero-order valence-electron chi connectivity index (χ0n) is 0.577. The summed E-state index contributed by atoms with van der Waals surface area (Å²) in [6, 6.07) is 0. The zero-order valence-corrected chi connectivity index (χ0v) is 5.07. The largest absolute Gasteiger partial charge is 0 e. The summed E-state index contributed by atoms with van der Waals surface area (Å²) in [6.07, 6.45) is 0. The molecular weight excluding hydrogens is 427 g/mol. The van der Waals surface area contributed by atoms with Crippen molar-refractivity contribution in [2.45, 2.75) is 0 Å². The van der Waals surface area contributed by atoms with Crippen LogP contribution in [-0.4, -0.2) is 98.7 Å². The molecule has 0 atom stereocenters. The molecule has 5 heavy (non-hydrogen) atoms. The van der Waals surface area contributed by atoms with E-state index in [2.05, 4.69) is 0 Å². The fourth-order valence-electron chi connectivity index (χ4n) is 0. The summed E-state index contributed by atoms with van der Waals surface area (Å²) in [5.41, 5.74) is 0. The summed E-state index contributed by atoms with van der Waals surface area (Å²) < 4.78 is 0. The first-order valence-electron chi connectivity index (χ1n) is 0. The van der Waals surface area contributed by atoms with Crippen LogP contribution in [-0.2, 0) is 0 Å². The van der Waals surface area contributed by atoms with E-state index >= 15 is 0 Å². The second-order valence-electron chi connectivity index (χ2n) is 0. The van der Waals surface area contributed by atoms with Crippen LogP contribution in [0.3, 0.4) is 0 Å². The van der Waals surface area contributed by atoms with E-state index in [9.17, 15) is 0 Å². The SMILES string of the molecule is B.[AlH3].[GaH3].[InH3].[Tl]. The molecule has 0 amide bonds. The van der Waals surface area contributed by atoms with Gasteiger partial charge in [-0.25, -0.2) is 0 Å². The van der Waals surface area contributed by atoms with Crippen molar-refractivity contribution in [3.8, 4) is 0 Å². The molecule has 27 valence electrons. The fraction of sp³-hybridized carbons (Fsp3) is 0. The molecule has 0 aliphatic rings. The van der Waals surface area contributed by atoms with Gasteiger partial charge in [-0.05, 0) is 0 Å². The van der Waals surface area contributed by atoms with Gasteiger partial charge in [0.25, 0.3) is 0 Å². The van der Waals surface area contributed by atoms with Crippen LogP contribution in [0.15, 0.2) is 0 Å². The van der Waals surface area contributed by atoms with Crippen molar-refractivity contribution in [1.82, 2.24) is 0 Å². The van der Waals surface area contributed by atoms with E-state index in [1.54, 1.807) is 0 Å². The monoisotopic (exact) mass is 439 g/mol. The normalized spacial score (nSPS) is 0. The van der Waals surface area contributed by atoms with Crippen molar-refractivity contribution < 1.29 is 0 Å². The molecule has 0 spiro atoms. The Morgan fingerprint density at radius 2 is 1.00 bits per heavy atom. The molecule has 0 unspecified atom stereocenters. The van der Waals surface area contributed by atoms with Gasteiger partial charge in [0.15, 0.2) is 17.4 Å². The fourth-order valence-corrected chi connectivity index (χ4v) is 0. The van der Waals surface area contributed by atoms with Gasteiger partial charge in [0.05, 0.1) is 8.41 Å². The van der Waals surface area contributed by atoms with Crippen molar-refractivity contribution in [1.29, 1.82) is 0 Å². The molecule has 0 fully saturated rings. The minimum absolute atomic E-state index is 0. The summed E-state index contributed by atoms with van der Waals surface area (Å²) >= 11 is 0. The molecular formula is H12AlBGaInTl. The van der Waals surface area contributed by atoms with Crippen LogP contribution < -0.4 is 0 Å². The summed E-state index contributed by atoms with van der Waals surface area (Å²) in [6.45, 7) is 0.